The van der Waals surface area contributed by atoms with Crippen LogP contribution in [0.5, 0.6) is 5.75 Å². The number of ketones is 1. The first-order chi connectivity index (χ1) is 16.5. The molecule has 1 amide bonds. The van der Waals surface area contributed by atoms with Crippen LogP contribution in [0.4, 0.5) is 5.69 Å². The highest BCUT2D eigenvalue weighted by molar-refractivity contribution is 7.17. The van der Waals surface area contributed by atoms with Crippen LogP contribution >= 0.6 is 11.3 Å². The second-order valence-electron chi connectivity index (χ2n) is 8.06. The predicted octanol–water partition coefficient (Wildman–Crippen LogP) is 4.23. The molecule has 0 saturated heterocycles. The molecule has 7 nitrogen and oxygen atoms in total. The summed E-state index contributed by atoms with van der Waals surface area (Å²) in [5, 5.41) is 2.43. The molecule has 0 spiro atoms. The fourth-order valence-corrected chi connectivity index (χ4v) is 4.88. The van der Waals surface area contributed by atoms with Crippen LogP contribution < -0.4 is 15.2 Å². The van der Waals surface area contributed by atoms with Crippen molar-refractivity contribution < 1.29 is 14.3 Å². The normalized spacial score (nSPS) is 13.0. The molecule has 2 aromatic carbocycles. The number of Topliss-reactive ketones (excluding diaryl/α,β-unsaturated/α-hetero) is 1. The third-order valence-electron chi connectivity index (χ3n) is 5.77. The van der Waals surface area contributed by atoms with Gasteiger partial charge in [0.25, 0.3) is 11.5 Å². The second kappa shape index (κ2) is 8.72. The van der Waals surface area contributed by atoms with Gasteiger partial charge in [-0.25, -0.2) is 4.98 Å². The molecule has 5 rings (SSSR count). The number of thiophene rings is 1. The van der Waals surface area contributed by atoms with Crippen molar-refractivity contribution in [1.82, 2.24) is 9.55 Å². The molecule has 0 atom stereocenters. The first-order valence-corrected chi connectivity index (χ1v) is 11.6. The maximum absolute atomic E-state index is 13.3. The zero-order valence-corrected chi connectivity index (χ0v) is 19.3. The van der Waals surface area contributed by atoms with Gasteiger partial charge in [0, 0.05) is 23.1 Å². The number of hydrogen-bond donors (Lipinski definition) is 0. The molecule has 0 unspecified atom stereocenters. The molecule has 1 aliphatic heterocycles. The molecule has 3 heterocycles. The molecule has 0 aliphatic carbocycles. The zero-order valence-electron chi connectivity index (χ0n) is 18.5. The number of carbonyl (C=O) groups is 2. The summed E-state index contributed by atoms with van der Waals surface area (Å²) < 4.78 is 6.82. The number of rotatable bonds is 6. The predicted molar refractivity (Wildman–Crippen MR) is 133 cm³/mol. The fourth-order valence-electron chi connectivity index (χ4n) is 3.98. The lowest BCUT2D eigenvalue weighted by atomic mass is 10.0. The zero-order chi connectivity index (χ0) is 23.8. The van der Waals surface area contributed by atoms with Crippen LogP contribution in [-0.2, 0) is 11.3 Å². The highest BCUT2D eigenvalue weighted by Gasteiger charge is 2.26. The number of anilines is 1. The lowest BCUT2D eigenvalue weighted by molar-refractivity contribution is -0.121. The highest BCUT2D eigenvalue weighted by Crippen LogP contribution is 2.33. The van der Waals surface area contributed by atoms with Crippen molar-refractivity contribution in [3.63, 3.8) is 0 Å². The number of nitrogens with zero attached hydrogens (tertiary/aromatic N) is 3. The monoisotopic (exact) mass is 471 g/mol. The van der Waals surface area contributed by atoms with Gasteiger partial charge >= 0.3 is 0 Å². The van der Waals surface area contributed by atoms with Gasteiger partial charge in [0.05, 0.1) is 23.9 Å². The number of ether oxygens (including phenoxy) is 1. The van der Waals surface area contributed by atoms with Gasteiger partial charge in [0.1, 0.15) is 10.6 Å². The first-order valence-electron chi connectivity index (χ1n) is 10.7. The SMILES string of the molecule is C=CCN1C(=O)COc2ccc(C(=O)Cn3cnc4scc(-c5ccc(C)cc5)c4c3=O)cc21. The van der Waals surface area contributed by atoms with Crippen molar-refractivity contribution in [2.45, 2.75) is 13.5 Å². The Balaban J connectivity index is 1.49. The minimum Gasteiger partial charge on any atom is -0.482 e. The van der Waals surface area contributed by atoms with E-state index in [1.54, 1.807) is 24.3 Å². The van der Waals surface area contributed by atoms with E-state index in [0.717, 1.165) is 16.7 Å². The average molecular weight is 472 g/mol. The molecule has 2 aromatic heterocycles. The number of aryl methyl sites for hydroxylation is 1. The number of aromatic nitrogens is 2. The smallest absolute Gasteiger partial charge is 0.265 e. The van der Waals surface area contributed by atoms with E-state index >= 15 is 0 Å². The van der Waals surface area contributed by atoms with Crippen LogP contribution in [-0.4, -0.2) is 34.4 Å². The summed E-state index contributed by atoms with van der Waals surface area (Å²) in [4.78, 5) is 45.3. The minimum absolute atomic E-state index is 0.0564. The molecular weight excluding hydrogens is 450 g/mol. The summed E-state index contributed by atoms with van der Waals surface area (Å²) in [7, 11) is 0. The van der Waals surface area contributed by atoms with Crippen LogP contribution in [0.2, 0.25) is 0 Å². The van der Waals surface area contributed by atoms with Crippen LogP contribution in [0, 0.1) is 6.92 Å². The molecular formula is C26H21N3O4S. The fraction of sp³-hybridized carbons (Fsp3) is 0.154. The third-order valence-corrected chi connectivity index (χ3v) is 6.66. The Bertz CT molecular complexity index is 1500. The summed E-state index contributed by atoms with van der Waals surface area (Å²) in [6, 6.07) is 12.9. The minimum atomic E-state index is -0.269. The van der Waals surface area contributed by atoms with E-state index in [4.69, 9.17) is 4.74 Å². The number of fused-ring (bicyclic) bond motifs is 2. The van der Waals surface area contributed by atoms with Gasteiger partial charge in [-0.15, -0.1) is 17.9 Å². The third kappa shape index (κ3) is 3.82. The number of hydrogen-bond acceptors (Lipinski definition) is 6. The molecule has 170 valence electrons. The summed E-state index contributed by atoms with van der Waals surface area (Å²) in [5.74, 6) is 0.0537. The summed E-state index contributed by atoms with van der Waals surface area (Å²) in [6.07, 6.45) is 3.03. The highest BCUT2D eigenvalue weighted by atomic mass is 32.1. The van der Waals surface area contributed by atoms with Crippen molar-refractivity contribution >= 4 is 38.9 Å². The summed E-state index contributed by atoms with van der Waals surface area (Å²) in [5.41, 5.74) is 3.50. The Morgan fingerprint density at radius 2 is 2.00 bits per heavy atom. The topological polar surface area (TPSA) is 81.5 Å². The maximum Gasteiger partial charge on any atom is 0.265 e. The van der Waals surface area contributed by atoms with Crippen molar-refractivity contribution in [2.75, 3.05) is 18.1 Å². The van der Waals surface area contributed by atoms with Gasteiger partial charge in [0.2, 0.25) is 0 Å². The van der Waals surface area contributed by atoms with Gasteiger partial charge in [-0.05, 0) is 30.7 Å². The van der Waals surface area contributed by atoms with Crippen LogP contribution in [0.1, 0.15) is 15.9 Å². The van der Waals surface area contributed by atoms with Gasteiger partial charge < -0.3 is 9.64 Å². The Morgan fingerprint density at radius 1 is 1.21 bits per heavy atom. The van der Waals surface area contributed by atoms with E-state index in [9.17, 15) is 14.4 Å². The van der Waals surface area contributed by atoms with Gasteiger partial charge in [-0.2, -0.15) is 0 Å². The van der Waals surface area contributed by atoms with Gasteiger partial charge in [0.15, 0.2) is 12.4 Å². The average Bonchev–Trinajstić information content (AvgIpc) is 3.28. The Hall–Kier alpha value is -4.04. The van der Waals surface area contributed by atoms with Crippen molar-refractivity contribution in [2.24, 2.45) is 0 Å². The van der Waals surface area contributed by atoms with Gasteiger partial charge in [-0.1, -0.05) is 35.9 Å². The first kappa shape index (κ1) is 21.8. The maximum atomic E-state index is 13.3. The van der Waals surface area contributed by atoms with E-state index in [0.29, 0.717) is 33.8 Å². The number of carbonyl (C=O) groups excluding carboxylic acids is 2. The lowest BCUT2D eigenvalue weighted by Crippen LogP contribution is -2.39. The van der Waals surface area contributed by atoms with E-state index < -0.39 is 0 Å². The molecule has 4 aromatic rings. The summed E-state index contributed by atoms with van der Waals surface area (Å²) >= 11 is 1.40. The largest absolute Gasteiger partial charge is 0.482 e. The van der Waals surface area contributed by atoms with Crippen molar-refractivity contribution in [3.8, 4) is 16.9 Å². The molecule has 0 fully saturated rings. The molecule has 0 saturated carbocycles. The Labute approximate surface area is 199 Å². The van der Waals surface area contributed by atoms with E-state index in [1.165, 1.54) is 27.1 Å². The Kier molecular flexibility index (Phi) is 5.59. The second-order valence-corrected chi connectivity index (χ2v) is 8.92. The summed E-state index contributed by atoms with van der Waals surface area (Å²) in [6.45, 7) is 5.79. The van der Waals surface area contributed by atoms with Crippen molar-refractivity contribution in [3.05, 3.63) is 88.3 Å². The molecule has 0 N–H and O–H groups in total. The standard InChI is InChI=1S/C26H21N3O4S/c1-3-10-29-20-11-18(8-9-22(20)33-13-23(29)31)21(30)12-28-15-27-25-24(26(28)32)19(14-34-25)17-6-4-16(2)5-7-17/h3-9,11,14-15H,1,10,12-13H2,2H3. The quantitative estimate of drug-likeness (QED) is 0.311. The molecule has 1 aliphatic rings. The van der Waals surface area contributed by atoms with E-state index in [-0.39, 0.29) is 30.4 Å². The van der Waals surface area contributed by atoms with E-state index in [2.05, 4.69) is 11.6 Å². The van der Waals surface area contributed by atoms with Crippen molar-refractivity contribution in [1.29, 1.82) is 0 Å². The molecule has 8 heteroatoms. The van der Waals surface area contributed by atoms with Gasteiger partial charge in [-0.3, -0.25) is 19.0 Å². The lowest BCUT2D eigenvalue weighted by Gasteiger charge is -2.28. The Morgan fingerprint density at radius 3 is 2.76 bits per heavy atom. The molecule has 34 heavy (non-hydrogen) atoms. The number of amides is 1. The van der Waals surface area contributed by atoms with Crippen LogP contribution in [0.3, 0.4) is 0 Å². The van der Waals surface area contributed by atoms with E-state index in [1.807, 2.05) is 36.6 Å². The van der Waals surface area contributed by atoms with Crippen LogP contribution in [0.25, 0.3) is 21.3 Å². The molecule has 0 bridgehead atoms. The van der Waals surface area contributed by atoms with Crippen LogP contribution in [0.15, 0.2) is 71.6 Å². The number of benzene rings is 2. The molecule has 0 radical (unpaired) electrons.